The molecule has 118 valence electrons. The van der Waals surface area contributed by atoms with Crippen LogP contribution in [-0.4, -0.2) is 51.2 Å². The van der Waals surface area contributed by atoms with E-state index in [0.29, 0.717) is 16.7 Å². The molecule has 22 heavy (non-hydrogen) atoms. The third kappa shape index (κ3) is 2.95. The lowest BCUT2D eigenvalue weighted by Crippen LogP contribution is -2.49. The molecule has 1 aliphatic rings. The maximum absolute atomic E-state index is 12.3. The zero-order valence-electron chi connectivity index (χ0n) is 12.6. The number of nitrogens with zero attached hydrogens (tertiary/aromatic N) is 2. The Morgan fingerprint density at radius 3 is 3.00 bits per heavy atom. The minimum atomic E-state index is -0.915. The van der Waals surface area contributed by atoms with Gasteiger partial charge >= 0.3 is 0 Å². The van der Waals surface area contributed by atoms with E-state index in [4.69, 9.17) is 0 Å². The molecule has 0 aliphatic carbocycles. The van der Waals surface area contributed by atoms with Gasteiger partial charge in [-0.05, 0) is 44.8 Å². The minimum Gasteiger partial charge on any atom is -0.388 e. The van der Waals surface area contributed by atoms with Crippen LogP contribution in [0, 0.1) is 5.92 Å². The highest BCUT2D eigenvalue weighted by Gasteiger charge is 2.33. The van der Waals surface area contributed by atoms with E-state index in [1.165, 1.54) is 6.33 Å². The van der Waals surface area contributed by atoms with Crippen molar-refractivity contribution in [3.8, 4) is 0 Å². The normalized spacial score (nSPS) is 19.0. The monoisotopic (exact) mass is 303 g/mol. The van der Waals surface area contributed by atoms with Crippen molar-refractivity contribution in [1.29, 1.82) is 0 Å². The van der Waals surface area contributed by atoms with E-state index in [-0.39, 0.29) is 18.4 Å². The Labute approximate surface area is 128 Å². The highest BCUT2D eigenvalue weighted by atomic mass is 16.3. The Hall–Kier alpha value is -1.99. The van der Waals surface area contributed by atoms with Gasteiger partial charge in [-0.15, -0.1) is 0 Å². The third-order valence-electron chi connectivity index (χ3n) is 4.39. The number of fused-ring (bicyclic) bond motifs is 1. The van der Waals surface area contributed by atoms with Gasteiger partial charge in [-0.25, -0.2) is 9.97 Å². The Morgan fingerprint density at radius 1 is 1.45 bits per heavy atom. The maximum Gasteiger partial charge on any atom is 0.270 e. The van der Waals surface area contributed by atoms with Gasteiger partial charge in [-0.1, -0.05) is 0 Å². The van der Waals surface area contributed by atoms with Crippen LogP contribution >= 0.6 is 0 Å². The zero-order chi connectivity index (χ0) is 15.6. The number of aliphatic hydroxyl groups is 1. The van der Waals surface area contributed by atoms with Crippen molar-refractivity contribution in [2.24, 2.45) is 5.92 Å². The molecule has 1 atom stereocenters. The smallest absolute Gasteiger partial charge is 0.270 e. The van der Waals surface area contributed by atoms with Gasteiger partial charge in [0.25, 0.3) is 5.91 Å². The minimum absolute atomic E-state index is 0.187. The number of hydrogen-bond acceptors (Lipinski definition) is 5. The number of H-pyrrole nitrogens is 1. The third-order valence-corrected chi connectivity index (χ3v) is 4.39. The number of nitrogens with one attached hydrogen (secondary N) is 3. The van der Waals surface area contributed by atoms with E-state index in [1.807, 2.05) is 0 Å². The molecule has 0 saturated carbocycles. The molecule has 3 heterocycles. The van der Waals surface area contributed by atoms with Crippen LogP contribution in [0.3, 0.4) is 0 Å². The van der Waals surface area contributed by atoms with Gasteiger partial charge in [0.1, 0.15) is 17.7 Å². The molecular weight excluding hydrogens is 282 g/mol. The number of rotatable bonds is 4. The number of piperidine rings is 1. The van der Waals surface area contributed by atoms with Crippen molar-refractivity contribution in [1.82, 2.24) is 25.6 Å². The molecule has 1 unspecified atom stereocenters. The molecule has 1 fully saturated rings. The summed E-state index contributed by atoms with van der Waals surface area (Å²) in [5, 5.41) is 17.4. The molecule has 0 radical (unpaired) electrons. The quantitative estimate of drug-likeness (QED) is 0.656. The predicted molar refractivity (Wildman–Crippen MR) is 82.4 cm³/mol. The zero-order valence-corrected chi connectivity index (χ0v) is 12.6. The van der Waals surface area contributed by atoms with Crippen LogP contribution in [0.1, 0.15) is 30.3 Å². The number of aromatic amines is 1. The molecule has 2 aromatic rings. The fraction of sp³-hybridized carbons (Fsp3) is 0.533. The summed E-state index contributed by atoms with van der Waals surface area (Å²) in [5.74, 6) is -0.104. The van der Waals surface area contributed by atoms with Crippen LogP contribution in [0.25, 0.3) is 11.0 Å². The summed E-state index contributed by atoms with van der Waals surface area (Å²) in [6.45, 7) is 3.82. The second-order valence-electron chi connectivity index (χ2n) is 6.03. The van der Waals surface area contributed by atoms with Gasteiger partial charge in [0, 0.05) is 12.7 Å². The molecule has 0 bridgehead atoms. The lowest BCUT2D eigenvalue weighted by Gasteiger charge is -2.35. The predicted octanol–water partition coefficient (Wildman–Crippen LogP) is 0.438. The summed E-state index contributed by atoms with van der Waals surface area (Å²) in [7, 11) is 0. The lowest BCUT2D eigenvalue weighted by atomic mass is 9.82. The molecule has 7 heteroatoms. The van der Waals surface area contributed by atoms with Crippen molar-refractivity contribution in [2.45, 2.75) is 25.4 Å². The van der Waals surface area contributed by atoms with Gasteiger partial charge in [-0.2, -0.15) is 0 Å². The Morgan fingerprint density at radius 2 is 2.23 bits per heavy atom. The van der Waals surface area contributed by atoms with Crippen molar-refractivity contribution < 1.29 is 9.90 Å². The van der Waals surface area contributed by atoms with Gasteiger partial charge in [0.05, 0.1) is 11.0 Å². The van der Waals surface area contributed by atoms with Crippen LogP contribution in [0.4, 0.5) is 0 Å². The maximum atomic E-state index is 12.3. The van der Waals surface area contributed by atoms with Crippen LogP contribution in [0.2, 0.25) is 0 Å². The van der Waals surface area contributed by atoms with Gasteiger partial charge in [-0.3, -0.25) is 4.79 Å². The molecule has 7 nitrogen and oxygen atoms in total. The molecule has 0 aromatic carbocycles. The summed E-state index contributed by atoms with van der Waals surface area (Å²) in [4.78, 5) is 23.4. The summed E-state index contributed by atoms with van der Waals surface area (Å²) in [5.41, 5.74) is 0.0415. The fourth-order valence-electron chi connectivity index (χ4n) is 2.98. The van der Waals surface area contributed by atoms with Crippen LogP contribution in [0.15, 0.2) is 18.6 Å². The topological polar surface area (TPSA) is 103 Å². The number of carbonyl (C=O) groups excluding carboxylic acids is 1. The second-order valence-corrected chi connectivity index (χ2v) is 6.03. The molecule has 3 rings (SSSR count). The average molecular weight is 303 g/mol. The average Bonchev–Trinajstić information content (AvgIpc) is 3.02. The molecule has 1 aliphatic heterocycles. The van der Waals surface area contributed by atoms with Crippen LogP contribution < -0.4 is 10.6 Å². The fourth-order valence-corrected chi connectivity index (χ4v) is 2.98. The number of aromatic nitrogens is 3. The van der Waals surface area contributed by atoms with Gasteiger partial charge < -0.3 is 20.7 Å². The van der Waals surface area contributed by atoms with Crippen molar-refractivity contribution in [3.05, 3.63) is 24.3 Å². The SMILES string of the molecule is CC(O)(CNC(=O)c1ncnc2[nH]ccc12)C1CCNCC1. The molecule has 2 aromatic heterocycles. The Bertz CT molecular complexity index is 661. The molecule has 4 N–H and O–H groups in total. The molecule has 0 spiro atoms. The first kappa shape index (κ1) is 14.9. The Kier molecular flexibility index (Phi) is 4.08. The van der Waals surface area contributed by atoms with Crippen molar-refractivity contribution in [3.63, 3.8) is 0 Å². The van der Waals surface area contributed by atoms with E-state index >= 15 is 0 Å². The van der Waals surface area contributed by atoms with E-state index in [9.17, 15) is 9.90 Å². The summed E-state index contributed by atoms with van der Waals surface area (Å²) in [6, 6.07) is 1.77. The largest absolute Gasteiger partial charge is 0.388 e. The van der Waals surface area contributed by atoms with Crippen LogP contribution in [-0.2, 0) is 0 Å². The Balaban J connectivity index is 1.68. The number of hydrogen-bond donors (Lipinski definition) is 4. The number of carbonyl (C=O) groups is 1. The lowest BCUT2D eigenvalue weighted by molar-refractivity contribution is -0.0116. The van der Waals surface area contributed by atoms with Gasteiger partial charge in [0.2, 0.25) is 0 Å². The van der Waals surface area contributed by atoms with E-state index in [1.54, 1.807) is 19.2 Å². The molecular formula is C15H21N5O2. The highest BCUT2D eigenvalue weighted by molar-refractivity contribution is 6.03. The van der Waals surface area contributed by atoms with E-state index in [0.717, 1.165) is 25.9 Å². The summed E-state index contributed by atoms with van der Waals surface area (Å²) < 4.78 is 0. The van der Waals surface area contributed by atoms with E-state index in [2.05, 4.69) is 25.6 Å². The molecule has 1 saturated heterocycles. The van der Waals surface area contributed by atoms with E-state index < -0.39 is 5.60 Å². The summed E-state index contributed by atoms with van der Waals surface area (Å²) >= 11 is 0. The molecule has 1 amide bonds. The second kappa shape index (κ2) is 6.02. The first-order valence-electron chi connectivity index (χ1n) is 7.57. The number of amides is 1. The van der Waals surface area contributed by atoms with Crippen molar-refractivity contribution >= 4 is 16.9 Å². The first-order chi connectivity index (χ1) is 10.6. The van der Waals surface area contributed by atoms with Crippen LogP contribution in [0.5, 0.6) is 0 Å². The first-order valence-corrected chi connectivity index (χ1v) is 7.57. The summed E-state index contributed by atoms with van der Waals surface area (Å²) in [6.07, 6.45) is 4.91. The van der Waals surface area contributed by atoms with Gasteiger partial charge in [0.15, 0.2) is 0 Å². The van der Waals surface area contributed by atoms with Crippen molar-refractivity contribution in [2.75, 3.05) is 19.6 Å². The standard InChI is InChI=1S/C15H21N5O2/c1-15(22,10-2-5-16-6-3-10)8-18-14(21)12-11-4-7-17-13(11)20-9-19-12/h4,7,9-10,16,22H,2-3,5-6,8H2,1H3,(H,18,21)(H,17,19,20). The highest BCUT2D eigenvalue weighted by Crippen LogP contribution is 2.25.